The molecule has 0 saturated carbocycles. The second-order valence-electron chi connectivity index (χ2n) is 2.45. The molecule has 1 amide bonds. The Hall–Kier alpha value is -0.840. The minimum absolute atomic E-state index is 0. The summed E-state index contributed by atoms with van der Waals surface area (Å²) in [6, 6.07) is 7.29. The summed E-state index contributed by atoms with van der Waals surface area (Å²) in [5.41, 5.74) is 0.495. The molecule has 0 bridgehead atoms. The molecular weight excluding hydrogens is 193 g/mol. The van der Waals surface area contributed by atoms with E-state index < -0.39 is 12.0 Å². The molecule has 1 aromatic rings. The van der Waals surface area contributed by atoms with Crippen molar-refractivity contribution in [2.75, 3.05) is 0 Å². The monoisotopic (exact) mass is 201 g/mol. The van der Waals surface area contributed by atoms with E-state index in [0.29, 0.717) is 12.0 Å². The Bertz CT molecular complexity index is 302. The minimum atomic E-state index is -1.32. The van der Waals surface area contributed by atoms with Gasteiger partial charge in [0.15, 0.2) is 0 Å². The maximum atomic E-state index is 10.6. The normalized spacial score (nSPS) is 10.9. The molecule has 1 atom stereocenters. The largest absolute Gasteiger partial charge is 1.00 e. The van der Waals surface area contributed by atoms with Crippen molar-refractivity contribution in [2.45, 2.75) is 6.04 Å². The SMILES string of the molecule is O=CN[C@@H](C(=O)[O-])c1ccccc1.[Na+]. The van der Waals surface area contributed by atoms with Gasteiger partial charge < -0.3 is 15.2 Å². The van der Waals surface area contributed by atoms with E-state index in [4.69, 9.17) is 0 Å². The van der Waals surface area contributed by atoms with E-state index in [0.717, 1.165) is 0 Å². The molecule has 4 nitrogen and oxygen atoms in total. The van der Waals surface area contributed by atoms with E-state index in [9.17, 15) is 14.7 Å². The molecule has 68 valence electrons. The van der Waals surface area contributed by atoms with Crippen LogP contribution in [0.15, 0.2) is 30.3 Å². The van der Waals surface area contributed by atoms with Crippen LogP contribution >= 0.6 is 0 Å². The molecule has 0 aromatic heterocycles. The fourth-order valence-corrected chi connectivity index (χ4v) is 1.01. The number of aliphatic carboxylic acids is 1. The number of hydrogen-bond donors (Lipinski definition) is 1. The standard InChI is InChI=1S/C9H9NO3.Na/c11-6-10-8(9(12)13)7-4-2-1-3-5-7;/h1-6,8H,(H,10,11)(H,12,13);/q;+1/p-1/t8-;/m1./s1. The second-order valence-corrected chi connectivity index (χ2v) is 2.45. The van der Waals surface area contributed by atoms with Crippen molar-refractivity contribution in [3.63, 3.8) is 0 Å². The molecule has 1 N–H and O–H groups in total. The maximum absolute atomic E-state index is 10.6. The van der Waals surface area contributed by atoms with E-state index in [-0.39, 0.29) is 29.6 Å². The van der Waals surface area contributed by atoms with Crippen LogP contribution in [0.25, 0.3) is 0 Å². The third kappa shape index (κ3) is 3.49. The van der Waals surface area contributed by atoms with Crippen molar-refractivity contribution in [2.24, 2.45) is 0 Å². The summed E-state index contributed by atoms with van der Waals surface area (Å²) in [5.74, 6) is -1.32. The predicted molar refractivity (Wildman–Crippen MR) is 43.4 cm³/mol. The van der Waals surface area contributed by atoms with Gasteiger partial charge in [0.1, 0.15) is 0 Å². The van der Waals surface area contributed by atoms with E-state index in [1.807, 2.05) is 0 Å². The number of carboxylic acids is 1. The third-order valence-corrected chi connectivity index (χ3v) is 1.60. The van der Waals surface area contributed by atoms with Crippen LogP contribution < -0.4 is 40.0 Å². The van der Waals surface area contributed by atoms with Gasteiger partial charge >= 0.3 is 29.6 Å². The molecule has 0 aliphatic heterocycles. The number of carbonyl (C=O) groups is 2. The number of rotatable bonds is 4. The van der Waals surface area contributed by atoms with Crippen LogP contribution in [0.5, 0.6) is 0 Å². The fourth-order valence-electron chi connectivity index (χ4n) is 1.01. The Morgan fingerprint density at radius 3 is 2.36 bits per heavy atom. The molecule has 0 saturated heterocycles. The van der Waals surface area contributed by atoms with Gasteiger partial charge in [-0.25, -0.2) is 0 Å². The average Bonchev–Trinajstić information content (AvgIpc) is 2.15. The summed E-state index contributed by atoms with van der Waals surface area (Å²) in [4.78, 5) is 20.6. The van der Waals surface area contributed by atoms with Crippen molar-refractivity contribution in [3.8, 4) is 0 Å². The van der Waals surface area contributed by atoms with E-state index in [1.165, 1.54) is 0 Å². The number of amides is 1. The number of hydrogen-bond acceptors (Lipinski definition) is 3. The first-order valence-corrected chi connectivity index (χ1v) is 3.71. The number of carboxylic acid groups (broad SMARTS) is 1. The number of nitrogens with one attached hydrogen (secondary N) is 1. The fraction of sp³-hybridized carbons (Fsp3) is 0.111. The molecule has 14 heavy (non-hydrogen) atoms. The van der Waals surface area contributed by atoms with Gasteiger partial charge in [-0.2, -0.15) is 0 Å². The van der Waals surface area contributed by atoms with Crippen LogP contribution in [0.1, 0.15) is 11.6 Å². The molecule has 0 aliphatic carbocycles. The van der Waals surface area contributed by atoms with Gasteiger partial charge in [0.25, 0.3) is 0 Å². The average molecular weight is 201 g/mol. The Balaban J connectivity index is 0.00000169. The summed E-state index contributed by atoms with van der Waals surface area (Å²) >= 11 is 0. The third-order valence-electron chi connectivity index (χ3n) is 1.60. The van der Waals surface area contributed by atoms with Gasteiger partial charge in [-0.05, 0) is 5.56 Å². The van der Waals surface area contributed by atoms with E-state index >= 15 is 0 Å². The maximum Gasteiger partial charge on any atom is 1.00 e. The van der Waals surface area contributed by atoms with Crippen LogP contribution in [0, 0.1) is 0 Å². The van der Waals surface area contributed by atoms with Crippen LogP contribution in [0.2, 0.25) is 0 Å². The Kier molecular flexibility index (Phi) is 6.19. The summed E-state index contributed by atoms with van der Waals surface area (Å²) in [6.45, 7) is 0. The van der Waals surface area contributed by atoms with Gasteiger partial charge in [0.2, 0.25) is 6.41 Å². The molecule has 0 heterocycles. The van der Waals surface area contributed by atoms with Gasteiger partial charge in [-0.1, -0.05) is 30.3 Å². The smallest absolute Gasteiger partial charge is 0.548 e. The van der Waals surface area contributed by atoms with Gasteiger partial charge in [-0.15, -0.1) is 0 Å². The quantitative estimate of drug-likeness (QED) is 0.401. The Labute approximate surface area is 104 Å². The molecule has 5 heteroatoms. The molecule has 1 rings (SSSR count). The van der Waals surface area contributed by atoms with E-state index in [2.05, 4.69) is 5.32 Å². The molecule has 0 radical (unpaired) electrons. The zero-order chi connectivity index (χ0) is 9.68. The van der Waals surface area contributed by atoms with E-state index in [1.54, 1.807) is 30.3 Å². The van der Waals surface area contributed by atoms with Crippen molar-refractivity contribution < 1.29 is 44.3 Å². The topological polar surface area (TPSA) is 69.2 Å². The molecule has 0 unspecified atom stereocenters. The van der Waals surface area contributed by atoms with Gasteiger partial charge in [0, 0.05) is 0 Å². The number of carbonyl (C=O) groups excluding carboxylic acids is 2. The molecule has 0 aliphatic rings. The molecule has 1 aromatic carbocycles. The summed E-state index contributed by atoms with van der Waals surface area (Å²) < 4.78 is 0. The van der Waals surface area contributed by atoms with Gasteiger partial charge in [-0.3, -0.25) is 4.79 Å². The second kappa shape index (κ2) is 6.59. The van der Waals surface area contributed by atoms with Crippen LogP contribution in [0.4, 0.5) is 0 Å². The van der Waals surface area contributed by atoms with Crippen LogP contribution in [0.3, 0.4) is 0 Å². The first-order chi connectivity index (χ1) is 6.25. The van der Waals surface area contributed by atoms with Crippen molar-refractivity contribution in [1.82, 2.24) is 5.32 Å². The summed E-state index contributed by atoms with van der Waals surface area (Å²) in [7, 11) is 0. The van der Waals surface area contributed by atoms with Crippen molar-refractivity contribution in [1.29, 1.82) is 0 Å². The van der Waals surface area contributed by atoms with Crippen molar-refractivity contribution in [3.05, 3.63) is 35.9 Å². The van der Waals surface area contributed by atoms with Crippen molar-refractivity contribution >= 4 is 12.4 Å². The Morgan fingerprint density at radius 1 is 1.36 bits per heavy atom. The first-order valence-electron chi connectivity index (χ1n) is 3.71. The van der Waals surface area contributed by atoms with Crippen LogP contribution in [-0.4, -0.2) is 12.4 Å². The minimum Gasteiger partial charge on any atom is -0.548 e. The predicted octanol–water partition coefficient (Wildman–Crippen LogP) is -3.77. The molecular formula is C9H8NNaO3. The van der Waals surface area contributed by atoms with Crippen LogP contribution in [-0.2, 0) is 9.59 Å². The summed E-state index contributed by atoms with van der Waals surface area (Å²) in [6.07, 6.45) is 0.341. The molecule has 0 fully saturated rings. The first kappa shape index (κ1) is 13.2. The van der Waals surface area contributed by atoms with Gasteiger partial charge in [0.05, 0.1) is 12.0 Å². The molecule has 0 spiro atoms. The Morgan fingerprint density at radius 2 is 1.93 bits per heavy atom. The zero-order valence-electron chi connectivity index (χ0n) is 7.77. The summed E-state index contributed by atoms with van der Waals surface area (Å²) in [5, 5.41) is 12.7. The number of benzene rings is 1. The zero-order valence-corrected chi connectivity index (χ0v) is 9.77.